The molecule has 52 valence electrons. The van der Waals surface area contributed by atoms with Crippen molar-refractivity contribution in [3.8, 4) is 0 Å². The van der Waals surface area contributed by atoms with Crippen LogP contribution in [0, 0.1) is 5.92 Å². The van der Waals surface area contributed by atoms with Crippen molar-refractivity contribution in [1.82, 2.24) is 0 Å². The van der Waals surface area contributed by atoms with E-state index in [1.54, 1.807) is 0 Å². The summed E-state index contributed by atoms with van der Waals surface area (Å²) < 4.78 is 0. The van der Waals surface area contributed by atoms with Crippen LogP contribution in [0.15, 0.2) is 0 Å². The van der Waals surface area contributed by atoms with Crippen LogP contribution < -0.4 is 5.73 Å². The molecule has 0 rings (SSSR count). The molecule has 1 nitrogen and oxygen atoms in total. The average molecular weight is 117 g/mol. The van der Waals surface area contributed by atoms with Crippen LogP contribution >= 0.6 is 0 Å². The summed E-state index contributed by atoms with van der Waals surface area (Å²) in [5, 5.41) is 0. The molecule has 0 spiro atoms. The largest absolute Gasteiger partial charge is 0.333 e. The van der Waals surface area contributed by atoms with Crippen LogP contribution in [0.2, 0.25) is 0 Å². The van der Waals surface area contributed by atoms with Crippen molar-refractivity contribution in [2.45, 2.75) is 33.6 Å². The Morgan fingerprint density at radius 2 is 1.38 bits per heavy atom. The summed E-state index contributed by atoms with van der Waals surface area (Å²) in [5.41, 5.74) is 4.50. The minimum Gasteiger partial charge on any atom is -0.333 e. The molecule has 0 unspecified atom stereocenters. The van der Waals surface area contributed by atoms with E-state index in [2.05, 4.69) is 26.5 Å². The molecule has 0 fully saturated rings. The van der Waals surface area contributed by atoms with Gasteiger partial charge in [0, 0.05) is 0 Å². The van der Waals surface area contributed by atoms with Crippen molar-refractivity contribution in [3.05, 3.63) is 0 Å². The molecular formula is C7H19N. The molecule has 0 heterocycles. The van der Waals surface area contributed by atoms with Gasteiger partial charge in [-0.1, -0.05) is 33.6 Å². The maximum absolute atomic E-state index is 4.50. The lowest BCUT2D eigenvalue weighted by Gasteiger charge is -1.98. The summed E-state index contributed by atoms with van der Waals surface area (Å²) in [4.78, 5) is 0. The van der Waals surface area contributed by atoms with Crippen molar-refractivity contribution in [2.75, 3.05) is 7.05 Å². The molecule has 0 aromatic carbocycles. The number of hydrogen-bond donors (Lipinski definition) is 1. The lowest BCUT2D eigenvalue weighted by molar-refractivity contribution is 0.544. The van der Waals surface area contributed by atoms with Gasteiger partial charge in [0.15, 0.2) is 0 Å². The highest BCUT2D eigenvalue weighted by molar-refractivity contribution is 4.41. The summed E-state index contributed by atoms with van der Waals surface area (Å²) in [6.45, 7) is 6.74. The summed E-state index contributed by atoms with van der Waals surface area (Å²) in [6, 6.07) is 0. The fraction of sp³-hybridized carbons (Fsp3) is 1.00. The molecule has 0 aliphatic heterocycles. The lowest BCUT2D eigenvalue weighted by Crippen LogP contribution is -1.85. The fourth-order valence-corrected chi connectivity index (χ4v) is 0.289. The van der Waals surface area contributed by atoms with Crippen LogP contribution in [0.1, 0.15) is 33.6 Å². The van der Waals surface area contributed by atoms with Gasteiger partial charge in [0.25, 0.3) is 0 Å². The first kappa shape index (κ1) is 10.9. The maximum atomic E-state index is 4.50. The highest BCUT2D eigenvalue weighted by Crippen LogP contribution is 2.02. The lowest BCUT2D eigenvalue weighted by atomic mass is 10.1. The Bertz CT molecular complexity index is 23.6. The van der Waals surface area contributed by atoms with E-state index in [0.29, 0.717) is 0 Å². The van der Waals surface area contributed by atoms with Gasteiger partial charge >= 0.3 is 0 Å². The minimum absolute atomic E-state index is 0.935. The van der Waals surface area contributed by atoms with E-state index in [1.807, 2.05) is 0 Å². The van der Waals surface area contributed by atoms with Gasteiger partial charge in [-0.2, -0.15) is 0 Å². The molecule has 0 aromatic rings. The fourth-order valence-electron chi connectivity index (χ4n) is 0.289. The SMILES string of the molecule is CCC(C)CC.CN. The molecule has 0 radical (unpaired) electrons. The Hall–Kier alpha value is -0.0400. The van der Waals surface area contributed by atoms with Crippen molar-refractivity contribution in [2.24, 2.45) is 11.7 Å². The number of nitrogens with two attached hydrogens (primary N) is 1. The zero-order chi connectivity index (χ0) is 6.99. The molecule has 0 saturated heterocycles. The van der Waals surface area contributed by atoms with Gasteiger partial charge in [0.05, 0.1) is 0 Å². The molecule has 0 amide bonds. The molecular weight excluding hydrogens is 98.1 g/mol. The summed E-state index contributed by atoms with van der Waals surface area (Å²) in [6.07, 6.45) is 2.66. The molecule has 0 saturated carbocycles. The van der Waals surface area contributed by atoms with E-state index in [4.69, 9.17) is 0 Å². The van der Waals surface area contributed by atoms with Crippen LogP contribution in [0.25, 0.3) is 0 Å². The van der Waals surface area contributed by atoms with E-state index < -0.39 is 0 Å². The highest BCUT2D eigenvalue weighted by Gasteiger charge is 1.88. The normalized spacial score (nSPS) is 8.25. The monoisotopic (exact) mass is 117 g/mol. The minimum atomic E-state index is 0.935. The van der Waals surface area contributed by atoms with Gasteiger partial charge in [-0.3, -0.25) is 0 Å². The molecule has 2 N–H and O–H groups in total. The van der Waals surface area contributed by atoms with Gasteiger partial charge in [-0.15, -0.1) is 0 Å². The van der Waals surface area contributed by atoms with Crippen molar-refractivity contribution in [3.63, 3.8) is 0 Å². The van der Waals surface area contributed by atoms with E-state index in [0.717, 1.165) is 5.92 Å². The third-order valence-electron chi connectivity index (χ3n) is 1.39. The standard InChI is InChI=1S/C6H14.CH5N/c1-4-6(3)5-2;1-2/h6H,4-5H2,1-3H3;2H2,1H3. The molecule has 0 atom stereocenters. The molecule has 0 aliphatic carbocycles. The average Bonchev–Trinajstić information content (AvgIpc) is 1.91. The first-order valence-electron chi connectivity index (χ1n) is 3.39. The Kier molecular flexibility index (Phi) is 13.6. The van der Waals surface area contributed by atoms with Crippen LogP contribution in [-0.4, -0.2) is 7.05 Å². The zero-order valence-electron chi connectivity index (χ0n) is 6.57. The van der Waals surface area contributed by atoms with E-state index >= 15 is 0 Å². The summed E-state index contributed by atoms with van der Waals surface area (Å²) >= 11 is 0. The van der Waals surface area contributed by atoms with E-state index in [-0.39, 0.29) is 0 Å². The summed E-state index contributed by atoms with van der Waals surface area (Å²) in [5.74, 6) is 0.935. The number of rotatable bonds is 2. The Morgan fingerprint density at radius 1 is 1.12 bits per heavy atom. The van der Waals surface area contributed by atoms with Gasteiger partial charge in [0.1, 0.15) is 0 Å². The highest BCUT2D eigenvalue weighted by atomic mass is 14.4. The van der Waals surface area contributed by atoms with Gasteiger partial charge in [-0.25, -0.2) is 0 Å². The predicted molar refractivity (Wildman–Crippen MR) is 39.9 cm³/mol. The quantitative estimate of drug-likeness (QED) is 0.588. The molecule has 8 heavy (non-hydrogen) atoms. The topological polar surface area (TPSA) is 26.0 Å². The predicted octanol–water partition coefficient (Wildman–Crippen LogP) is 2.02. The first-order valence-corrected chi connectivity index (χ1v) is 3.39. The van der Waals surface area contributed by atoms with E-state index in [1.165, 1.54) is 19.9 Å². The molecule has 1 heteroatoms. The van der Waals surface area contributed by atoms with Crippen molar-refractivity contribution in [1.29, 1.82) is 0 Å². The summed E-state index contributed by atoms with van der Waals surface area (Å²) in [7, 11) is 1.50. The third-order valence-corrected chi connectivity index (χ3v) is 1.39. The van der Waals surface area contributed by atoms with Crippen LogP contribution in [0.3, 0.4) is 0 Å². The smallest absolute Gasteiger partial charge is 0.0195 e. The Morgan fingerprint density at radius 3 is 1.38 bits per heavy atom. The Labute approximate surface area is 53.3 Å². The van der Waals surface area contributed by atoms with Crippen molar-refractivity contribution < 1.29 is 0 Å². The van der Waals surface area contributed by atoms with Crippen LogP contribution in [-0.2, 0) is 0 Å². The second-order valence-electron chi connectivity index (χ2n) is 1.92. The second-order valence-corrected chi connectivity index (χ2v) is 1.92. The van der Waals surface area contributed by atoms with E-state index in [9.17, 15) is 0 Å². The van der Waals surface area contributed by atoms with Gasteiger partial charge < -0.3 is 5.73 Å². The number of hydrogen-bond acceptors (Lipinski definition) is 1. The van der Waals surface area contributed by atoms with Crippen LogP contribution in [0.5, 0.6) is 0 Å². The van der Waals surface area contributed by atoms with Crippen molar-refractivity contribution >= 4 is 0 Å². The van der Waals surface area contributed by atoms with Gasteiger partial charge in [0.2, 0.25) is 0 Å². The first-order chi connectivity index (χ1) is 3.81. The van der Waals surface area contributed by atoms with Crippen LogP contribution in [0.4, 0.5) is 0 Å². The molecule has 0 bridgehead atoms. The molecule has 0 aliphatic rings. The Balaban J connectivity index is 0. The third kappa shape index (κ3) is 9.35. The zero-order valence-corrected chi connectivity index (χ0v) is 6.57. The maximum Gasteiger partial charge on any atom is -0.0195 e. The molecule has 0 aromatic heterocycles. The second kappa shape index (κ2) is 10.0. The van der Waals surface area contributed by atoms with Gasteiger partial charge in [-0.05, 0) is 13.0 Å².